The molecule has 3 rings (SSSR count). The van der Waals surface area contributed by atoms with E-state index in [1.807, 2.05) is 31.2 Å². The Balaban J connectivity index is 1.93. The number of nitrogens with one attached hydrogen (secondary N) is 1. The van der Waals surface area contributed by atoms with Gasteiger partial charge in [0.15, 0.2) is 5.11 Å². The predicted octanol–water partition coefficient (Wildman–Crippen LogP) is 4.05. The van der Waals surface area contributed by atoms with Gasteiger partial charge in [0, 0.05) is 0 Å². The van der Waals surface area contributed by atoms with Crippen LogP contribution >= 0.6 is 23.8 Å². The summed E-state index contributed by atoms with van der Waals surface area (Å²) in [6, 6.07) is 11.8. The van der Waals surface area contributed by atoms with E-state index in [0.29, 0.717) is 11.4 Å². The topological polar surface area (TPSA) is 32.3 Å². The standard InChI is InChI=1S/C17H12ClFN2OS/c1-10-2-4-11(5-3-10)8-15-16(22)21(17(23)20-15)12-6-7-14(19)13(18)9-12/h2-9H,1H3,(H,20,23)/b15-8-. The Hall–Kier alpha value is -2.24. The van der Waals surface area contributed by atoms with Gasteiger partial charge in [0.2, 0.25) is 0 Å². The average Bonchev–Trinajstić information content (AvgIpc) is 2.79. The number of benzene rings is 2. The Bertz CT molecular complexity index is 833. The van der Waals surface area contributed by atoms with E-state index in [1.165, 1.54) is 23.1 Å². The van der Waals surface area contributed by atoms with E-state index in [9.17, 15) is 9.18 Å². The molecule has 116 valence electrons. The monoisotopic (exact) mass is 346 g/mol. The molecule has 3 nitrogen and oxygen atoms in total. The Kier molecular flexibility index (Phi) is 4.15. The second kappa shape index (κ2) is 6.10. The van der Waals surface area contributed by atoms with E-state index in [1.54, 1.807) is 6.08 Å². The molecule has 1 heterocycles. The maximum Gasteiger partial charge on any atom is 0.281 e. The van der Waals surface area contributed by atoms with Crippen LogP contribution in [-0.2, 0) is 4.79 Å². The molecule has 1 saturated heterocycles. The molecule has 0 spiro atoms. The van der Waals surface area contributed by atoms with E-state index >= 15 is 0 Å². The lowest BCUT2D eigenvalue weighted by molar-refractivity contribution is -0.113. The van der Waals surface area contributed by atoms with Gasteiger partial charge in [-0.25, -0.2) is 4.39 Å². The second-order valence-corrected chi connectivity index (χ2v) is 5.93. The molecule has 1 aliphatic heterocycles. The van der Waals surface area contributed by atoms with Gasteiger partial charge in [-0.1, -0.05) is 41.4 Å². The first-order valence-corrected chi connectivity index (χ1v) is 7.63. The molecule has 0 bridgehead atoms. The fourth-order valence-corrected chi connectivity index (χ4v) is 2.70. The minimum absolute atomic E-state index is 0.0611. The Morgan fingerprint density at radius 3 is 2.57 bits per heavy atom. The molecule has 0 aromatic heterocycles. The number of hydrogen-bond donors (Lipinski definition) is 1. The van der Waals surface area contributed by atoms with E-state index in [2.05, 4.69) is 5.32 Å². The third-order valence-electron chi connectivity index (χ3n) is 3.43. The van der Waals surface area contributed by atoms with E-state index in [4.69, 9.17) is 23.8 Å². The van der Waals surface area contributed by atoms with Crippen LogP contribution in [0.4, 0.5) is 10.1 Å². The lowest BCUT2D eigenvalue weighted by atomic mass is 10.1. The number of hydrogen-bond acceptors (Lipinski definition) is 2. The van der Waals surface area contributed by atoms with Gasteiger partial charge in [-0.2, -0.15) is 0 Å². The number of nitrogens with zero attached hydrogens (tertiary/aromatic N) is 1. The number of thiocarbonyl (C=S) groups is 1. The zero-order valence-corrected chi connectivity index (χ0v) is 13.7. The number of aryl methyl sites for hydroxylation is 1. The summed E-state index contributed by atoms with van der Waals surface area (Å²) in [4.78, 5) is 13.8. The summed E-state index contributed by atoms with van der Waals surface area (Å²) in [6.45, 7) is 1.99. The van der Waals surface area contributed by atoms with Crippen LogP contribution in [0.2, 0.25) is 5.02 Å². The van der Waals surface area contributed by atoms with Gasteiger partial charge in [-0.15, -0.1) is 0 Å². The van der Waals surface area contributed by atoms with Crippen molar-refractivity contribution in [2.45, 2.75) is 6.92 Å². The summed E-state index contributed by atoms with van der Waals surface area (Å²) < 4.78 is 13.3. The second-order valence-electron chi connectivity index (χ2n) is 5.14. The zero-order valence-electron chi connectivity index (χ0n) is 12.1. The molecule has 0 radical (unpaired) electrons. The molecular weight excluding hydrogens is 335 g/mol. The van der Waals surface area contributed by atoms with Crippen LogP contribution in [0.25, 0.3) is 6.08 Å². The molecule has 6 heteroatoms. The van der Waals surface area contributed by atoms with Gasteiger partial charge in [0.25, 0.3) is 5.91 Å². The van der Waals surface area contributed by atoms with Crippen LogP contribution in [0, 0.1) is 12.7 Å². The van der Waals surface area contributed by atoms with E-state index in [-0.39, 0.29) is 16.0 Å². The summed E-state index contributed by atoms with van der Waals surface area (Å²) in [6.07, 6.45) is 1.72. The van der Waals surface area contributed by atoms with Crippen molar-refractivity contribution in [2.24, 2.45) is 0 Å². The Labute approximate surface area is 143 Å². The highest BCUT2D eigenvalue weighted by molar-refractivity contribution is 7.80. The number of halogens is 2. The summed E-state index contributed by atoms with van der Waals surface area (Å²) in [5, 5.41) is 3.05. The van der Waals surface area contributed by atoms with E-state index in [0.717, 1.165) is 11.1 Å². The first kappa shape index (κ1) is 15.6. The van der Waals surface area contributed by atoms with Gasteiger partial charge in [0.05, 0.1) is 10.7 Å². The first-order chi connectivity index (χ1) is 11.0. The molecule has 1 aliphatic rings. The van der Waals surface area contributed by atoms with Crippen LogP contribution in [0.15, 0.2) is 48.2 Å². The van der Waals surface area contributed by atoms with Crippen molar-refractivity contribution in [3.63, 3.8) is 0 Å². The number of amides is 1. The molecule has 2 aromatic carbocycles. The maximum atomic E-state index is 13.3. The fraction of sp³-hybridized carbons (Fsp3) is 0.0588. The third kappa shape index (κ3) is 3.11. The molecule has 1 fully saturated rings. The summed E-state index contributed by atoms with van der Waals surface area (Å²) >= 11 is 11.0. The third-order valence-corrected chi connectivity index (χ3v) is 4.00. The lowest BCUT2D eigenvalue weighted by Gasteiger charge is -2.14. The predicted molar refractivity (Wildman–Crippen MR) is 93.8 cm³/mol. The molecule has 1 amide bonds. The summed E-state index contributed by atoms with van der Waals surface area (Å²) in [5.74, 6) is -0.852. The molecule has 0 atom stereocenters. The van der Waals surface area contributed by atoms with Gasteiger partial charge >= 0.3 is 0 Å². The average molecular weight is 347 g/mol. The maximum absolute atomic E-state index is 13.3. The van der Waals surface area contributed by atoms with Crippen LogP contribution in [-0.4, -0.2) is 11.0 Å². The van der Waals surface area contributed by atoms with Crippen molar-refractivity contribution in [1.82, 2.24) is 5.32 Å². The first-order valence-electron chi connectivity index (χ1n) is 6.84. The van der Waals surface area contributed by atoms with Gasteiger partial charge in [0.1, 0.15) is 11.5 Å². The largest absolute Gasteiger partial charge is 0.327 e. The summed E-state index contributed by atoms with van der Waals surface area (Å²) in [7, 11) is 0. The van der Waals surface area contributed by atoms with Crippen molar-refractivity contribution >= 4 is 46.6 Å². The quantitative estimate of drug-likeness (QED) is 0.657. The smallest absolute Gasteiger partial charge is 0.281 e. The van der Waals surface area contributed by atoms with Crippen molar-refractivity contribution in [1.29, 1.82) is 0 Å². The highest BCUT2D eigenvalue weighted by atomic mass is 35.5. The molecule has 2 aromatic rings. The molecular formula is C17H12ClFN2OS. The fourth-order valence-electron chi connectivity index (χ4n) is 2.22. The van der Waals surface area contributed by atoms with Crippen LogP contribution in [0.3, 0.4) is 0 Å². The van der Waals surface area contributed by atoms with Gasteiger partial charge in [-0.3, -0.25) is 9.69 Å². The molecule has 0 aliphatic carbocycles. The molecule has 23 heavy (non-hydrogen) atoms. The van der Waals surface area contributed by atoms with Gasteiger partial charge in [-0.05, 0) is 49.0 Å². The Morgan fingerprint density at radius 2 is 1.91 bits per heavy atom. The lowest BCUT2D eigenvalue weighted by Crippen LogP contribution is -2.30. The SMILES string of the molecule is Cc1ccc(/C=C2\NC(=S)N(c3ccc(F)c(Cl)c3)C2=O)cc1. The molecule has 1 N–H and O–H groups in total. The molecule has 0 saturated carbocycles. The van der Waals surface area contributed by atoms with Crippen LogP contribution in [0.5, 0.6) is 0 Å². The Morgan fingerprint density at radius 1 is 1.22 bits per heavy atom. The molecule has 0 unspecified atom stereocenters. The number of rotatable bonds is 2. The van der Waals surface area contributed by atoms with Crippen molar-refractivity contribution in [2.75, 3.05) is 4.90 Å². The van der Waals surface area contributed by atoms with Crippen molar-refractivity contribution in [3.8, 4) is 0 Å². The van der Waals surface area contributed by atoms with Crippen LogP contribution < -0.4 is 10.2 Å². The zero-order chi connectivity index (χ0) is 16.6. The normalized spacial score (nSPS) is 16.1. The van der Waals surface area contributed by atoms with Crippen molar-refractivity contribution in [3.05, 3.63) is 70.1 Å². The number of anilines is 1. The number of carbonyl (C=O) groups is 1. The van der Waals surface area contributed by atoms with Gasteiger partial charge < -0.3 is 5.32 Å². The minimum Gasteiger partial charge on any atom is -0.327 e. The highest BCUT2D eigenvalue weighted by Gasteiger charge is 2.32. The summed E-state index contributed by atoms with van der Waals surface area (Å²) in [5.41, 5.74) is 2.80. The van der Waals surface area contributed by atoms with Crippen molar-refractivity contribution < 1.29 is 9.18 Å². The highest BCUT2D eigenvalue weighted by Crippen LogP contribution is 2.26. The minimum atomic E-state index is -0.545. The number of carbonyl (C=O) groups excluding carboxylic acids is 1. The van der Waals surface area contributed by atoms with Crippen LogP contribution in [0.1, 0.15) is 11.1 Å². The van der Waals surface area contributed by atoms with E-state index < -0.39 is 5.82 Å².